The van der Waals surface area contributed by atoms with E-state index >= 15 is 0 Å². The van der Waals surface area contributed by atoms with Gasteiger partial charge in [0.15, 0.2) is 0 Å². The second-order valence-corrected chi connectivity index (χ2v) is 7.80. The van der Waals surface area contributed by atoms with Crippen molar-refractivity contribution in [1.82, 2.24) is 15.3 Å². The predicted molar refractivity (Wildman–Crippen MR) is 109 cm³/mol. The monoisotopic (exact) mass is 377 g/mol. The number of allylic oxidation sites excluding steroid dienone is 1. The molecular weight excluding hydrogens is 350 g/mol. The van der Waals surface area contributed by atoms with Gasteiger partial charge in [0.1, 0.15) is 11.9 Å². The Morgan fingerprint density at radius 2 is 2.18 bits per heavy atom. The van der Waals surface area contributed by atoms with Crippen LogP contribution < -0.4 is 10.1 Å². The van der Waals surface area contributed by atoms with E-state index < -0.39 is 0 Å². The summed E-state index contributed by atoms with van der Waals surface area (Å²) >= 11 is 0. The molecule has 146 valence electrons. The molecule has 1 N–H and O–H groups in total. The van der Waals surface area contributed by atoms with E-state index in [2.05, 4.69) is 27.4 Å². The van der Waals surface area contributed by atoms with E-state index in [0.29, 0.717) is 13.0 Å². The van der Waals surface area contributed by atoms with Crippen LogP contribution in [0.5, 0.6) is 5.75 Å². The molecule has 2 aliphatic rings. The summed E-state index contributed by atoms with van der Waals surface area (Å²) in [5, 5.41) is 3.04. The Kier molecular flexibility index (Phi) is 5.42. The Labute approximate surface area is 166 Å². The van der Waals surface area contributed by atoms with E-state index in [0.717, 1.165) is 53.2 Å². The van der Waals surface area contributed by atoms with Crippen molar-refractivity contribution in [2.24, 2.45) is 0 Å². The van der Waals surface area contributed by atoms with Crippen LogP contribution in [0.4, 0.5) is 0 Å². The Bertz CT molecular complexity index is 920. The molecule has 0 radical (unpaired) electrons. The Morgan fingerprint density at radius 1 is 1.29 bits per heavy atom. The fraction of sp³-hybridized carbons (Fsp3) is 0.435. The molecule has 2 aromatic rings. The zero-order valence-corrected chi connectivity index (χ0v) is 16.6. The van der Waals surface area contributed by atoms with Crippen molar-refractivity contribution in [3.63, 3.8) is 0 Å². The average molecular weight is 377 g/mol. The van der Waals surface area contributed by atoms with Gasteiger partial charge in [-0.25, -0.2) is 4.98 Å². The number of rotatable bonds is 5. The van der Waals surface area contributed by atoms with E-state index in [1.54, 1.807) is 6.20 Å². The number of fused-ring (bicyclic) bond motifs is 1. The third-order valence-corrected chi connectivity index (χ3v) is 5.45. The number of hydrogen-bond donors (Lipinski definition) is 1. The summed E-state index contributed by atoms with van der Waals surface area (Å²) in [6, 6.07) is 6.18. The summed E-state index contributed by atoms with van der Waals surface area (Å²) in [6.07, 6.45) is 9.93. The number of ether oxygens (including phenoxy) is 1. The second-order valence-electron chi connectivity index (χ2n) is 7.80. The minimum atomic E-state index is -0.0146. The molecule has 1 atom stereocenters. The summed E-state index contributed by atoms with van der Waals surface area (Å²) in [5.41, 5.74) is 6.25. The summed E-state index contributed by atoms with van der Waals surface area (Å²) in [7, 11) is 0. The number of aromatic nitrogens is 2. The van der Waals surface area contributed by atoms with Crippen LogP contribution >= 0.6 is 0 Å². The van der Waals surface area contributed by atoms with Gasteiger partial charge in [0, 0.05) is 24.6 Å². The van der Waals surface area contributed by atoms with Crippen molar-refractivity contribution in [1.29, 1.82) is 0 Å². The number of carbonyl (C=O) groups is 1. The minimum Gasteiger partial charge on any atom is -0.488 e. The maximum absolute atomic E-state index is 12.2. The van der Waals surface area contributed by atoms with Crippen molar-refractivity contribution in [2.45, 2.75) is 58.5 Å². The zero-order chi connectivity index (χ0) is 19.5. The van der Waals surface area contributed by atoms with Gasteiger partial charge >= 0.3 is 0 Å². The van der Waals surface area contributed by atoms with Crippen LogP contribution in [0.2, 0.25) is 0 Å². The van der Waals surface area contributed by atoms with Crippen LogP contribution in [0.1, 0.15) is 49.1 Å². The first kappa shape index (κ1) is 18.7. The molecule has 5 nitrogen and oxygen atoms in total. The minimum absolute atomic E-state index is 0.0146. The fourth-order valence-electron chi connectivity index (χ4n) is 3.95. The topological polar surface area (TPSA) is 64.1 Å². The van der Waals surface area contributed by atoms with Gasteiger partial charge in [0.2, 0.25) is 5.91 Å². The normalized spacial score (nSPS) is 18.2. The maximum Gasteiger partial charge on any atom is 0.224 e. The zero-order valence-electron chi connectivity index (χ0n) is 16.6. The molecule has 1 aromatic heterocycles. The van der Waals surface area contributed by atoms with Crippen molar-refractivity contribution >= 4 is 5.91 Å². The summed E-state index contributed by atoms with van der Waals surface area (Å²) in [5.74, 6) is 0.996. The summed E-state index contributed by atoms with van der Waals surface area (Å²) < 4.78 is 6.03. The van der Waals surface area contributed by atoms with Crippen LogP contribution in [0.3, 0.4) is 0 Å². The lowest BCUT2D eigenvalue weighted by atomic mass is 9.97. The molecule has 0 saturated heterocycles. The first-order valence-corrected chi connectivity index (χ1v) is 10.1. The molecule has 0 unspecified atom stereocenters. The van der Waals surface area contributed by atoms with E-state index in [-0.39, 0.29) is 12.0 Å². The quantitative estimate of drug-likeness (QED) is 0.798. The van der Waals surface area contributed by atoms with Gasteiger partial charge in [-0.05, 0) is 63.3 Å². The van der Waals surface area contributed by atoms with Crippen LogP contribution in [-0.4, -0.2) is 28.5 Å². The number of nitrogens with zero attached hydrogens (tertiary/aromatic N) is 2. The van der Waals surface area contributed by atoms with Crippen molar-refractivity contribution < 1.29 is 9.53 Å². The lowest BCUT2D eigenvalue weighted by Gasteiger charge is -2.14. The number of hydrogen-bond acceptors (Lipinski definition) is 4. The lowest BCUT2D eigenvalue weighted by Crippen LogP contribution is -2.34. The average Bonchev–Trinajstić information content (AvgIpc) is 3.11. The molecule has 4 rings (SSSR count). The SMILES string of the molecule is Cc1cnc(C)c(-c2ccc3c(c2)C[C@H](CNC(=O)CC2=CCCCC2)O3)n1. The summed E-state index contributed by atoms with van der Waals surface area (Å²) in [4.78, 5) is 21.3. The number of aryl methyl sites for hydroxylation is 2. The van der Waals surface area contributed by atoms with E-state index in [1.165, 1.54) is 18.4 Å². The first-order chi connectivity index (χ1) is 13.6. The van der Waals surface area contributed by atoms with E-state index in [1.807, 2.05) is 26.0 Å². The second kappa shape index (κ2) is 8.13. The fourth-order valence-corrected chi connectivity index (χ4v) is 3.95. The van der Waals surface area contributed by atoms with E-state index in [4.69, 9.17) is 4.74 Å². The third kappa shape index (κ3) is 4.24. The Morgan fingerprint density at radius 3 is 3.00 bits per heavy atom. The largest absolute Gasteiger partial charge is 0.488 e. The Hall–Kier alpha value is -2.69. The highest BCUT2D eigenvalue weighted by Gasteiger charge is 2.24. The highest BCUT2D eigenvalue weighted by Crippen LogP contribution is 2.33. The maximum atomic E-state index is 12.2. The molecule has 2 heterocycles. The number of benzene rings is 1. The van der Waals surface area contributed by atoms with Crippen molar-refractivity contribution in [2.75, 3.05) is 6.54 Å². The summed E-state index contributed by atoms with van der Waals surface area (Å²) in [6.45, 7) is 4.47. The number of amides is 1. The molecule has 1 amide bonds. The Balaban J connectivity index is 1.36. The van der Waals surface area contributed by atoms with Gasteiger partial charge in [-0.2, -0.15) is 0 Å². The van der Waals surface area contributed by atoms with Gasteiger partial charge in [-0.3, -0.25) is 9.78 Å². The van der Waals surface area contributed by atoms with Gasteiger partial charge in [0.25, 0.3) is 0 Å². The van der Waals surface area contributed by atoms with Gasteiger partial charge < -0.3 is 10.1 Å². The third-order valence-electron chi connectivity index (χ3n) is 5.45. The predicted octanol–water partition coefficient (Wildman–Crippen LogP) is 4.07. The molecule has 0 spiro atoms. The number of nitrogens with one attached hydrogen (secondary N) is 1. The van der Waals surface area contributed by atoms with Crippen molar-refractivity contribution in [3.05, 3.63) is 53.0 Å². The first-order valence-electron chi connectivity index (χ1n) is 10.1. The highest BCUT2D eigenvalue weighted by atomic mass is 16.5. The molecule has 0 saturated carbocycles. The molecule has 0 fully saturated rings. The van der Waals surface area contributed by atoms with Crippen LogP contribution in [0, 0.1) is 13.8 Å². The van der Waals surface area contributed by atoms with Gasteiger partial charge in [-0.15, -0.1) is 0 Å². The highest BCUT2D eigenvalue weighted by molar-refractivity contribution is 5.78. The van der Waals surface area contributed by atoms with Crippen LogP contribution in [-0.2, 0) is 11.2 Å². The lowest BCUT2D eigenvalue weighted by molar-refractivity contribution is -0.120. The smallest absolute Gasteiger partial charge is 0.224 e. The standard InChI is InChI=1S/C23H27N3O2/c1-15-13-24-16(2)23(26-15)18-8-9-21-19(11-18)12-20(28-21)14-25-22(27)10-17-6-4-3-5-7-17/h6,8-9,11,13,20H,3-5,7,10,12,14H2,1-2H3,(H,25,27)/t20-/m1/s1. The molecular formula is C23H27N3O2. The van der Waals surface area contributed by atoms with Gasteiger partial charge in [0.05, 0.1) is 23.6 Å². The molecule has 1 aliphatic carbocycles. The molecule has 28 heavy (non-hydrogen) atoms. The van der Waals surface area contributed by atoms with Crippen molar-refractivity contribution in [3.8, 4) is 17.0 Å². The molecule has 1 aliphatic heterocycles. The number of carbonyl (C=O) groups excluding carboxylic acids is 1. The van der Waals surface area contributed by atoms with Crippen LogP contribution in [0.15, 0.2) is 36.0 Å². The van der Waals surface area contributed by atoms with E-state index in [9.17, 15) is 4.79 Å². The molecule has 0 bridgehead atoms. The van der Waals surface area contributed by atoms with Gasteiger partial charge in [-0.1, -0.05) is 11.6 Å². The molecule has 5 heteroatoms. The van der Waals surface area contributed by atoms with Crippen LogP contribution in [0.25, 0.3) is 11.3 Å². The molecule has 1 aromatic carbocycles.